The molecule has 3 aromatic rings. The number of benzene rings is 2. The number of hydrogen-bond donors (Lipinski definition) is 1. The zero-order chi connectivity index (χ0) is 17.8. The Balaban J connectivity index is 1.60. The van der Waals surface area contributed by atoms with Crippen LogP contribution in [0.3, 0.4) is 0 Å². The number of nitrogens with zero attached hydrogens (tertiary/aromatic N) is 3. The predicted octanol–water partition coefficient (Wildman–Crippen LogP) is 2.18. The fraction of sp³-hybridized carbons (Fsp3) is 0.176. The topological polar surface area (TPSA) is 99.3 Å². The molecule has 0 radical (unpaired) electrons. The van der Waals surface area contributed by atoms with Crippen LogP contribution < -0.4 is 10.1 Å². The van der Waals surface area contributed by atoms with E-state index in [1.807, 2.05) is 35.9 Å². The maximum absolute atomic E-state index is 12.0. The molecule has 0 aliphatic heterocycles. The molecule has 0 aliphatic carbocycles. The summed E-state index contributed by atoms with van der Waals surface area (Å²) in [6, 6.07) is 13.6. The van der Waals surface area contributed by atoms with E-state index in [1.54, 1.807) is 6.07 Å². The van der Waals surface area contributed by atoms with Crippen LogP contribution in [0.4, 0.5) is 5.69 Å². The summed E-state index contributed by atoms with van der Waals surface area (Å²) in [7, 11) is 1.88. The molecule has 0 aliphatic rings. The van der Waals surface area contributed by atoms with E-state index in [9.17, 15) is 14.9 Å². The summed E-state index contributed by atoms with van der Waals surface area (Å²) in [4.78, 5) is 26.8. The largest absolute Gasteiger partial charge is 0.477 e. The van der Waals surface area contributed by atoms with Crippen LogP contribution in [0, 0.1) is 10.1 Å². The molecule has 2 aromatic carbocycles. The third kappa shape index (κ3) is 3.57. The van der Waals surface area contributed by atoms with Gasteiger partial charge in [0.05, 0.1) is 22.5 Å². The van der Waals surface area contributed by atoms with Gasteiger partial charge in [0.1, 0.15) is 5.82 Å². The molecule has 0 unspecified atom stereocenters. The van der Waals surface area contributed by atoms with Crippen LogP contribution in [0.15, 0.2) is 48.5 Å². The van der Waals surface area contributed by atoms with Crippen LogP contribution in [0.5, 0.6) is 5.75 Å². The van der Waals surface area contributed by atoms with Crippen LogP contribution in [0.1, 0.15) is 5.82 Å². The van der Waals surface area contributed by atoms with Gasteiger partial charge in [-0.3, -0.25) is 14.9 Å². The number of hydrogen-bond acceptors (Lipinski definition) is 5. The van der Waals surface area contributed by atoms with Gasteiger partial charge in [-0.15, -0.1) is 0 Å². The van der Waals surface area contributed by atoms with Gasteiger partial charge < -0.3 is 14.6 Å². The molecule has 0 fully saturated rings. The average Bonchev–Trinajstić information content (AvgIpc) is 2.94. The quantitative estimate of drug-likeness (QED) is 0.548. The number of carbonyl (C=O) groups is 1. The van der Waals surface area contributed by atoms with Gasteiger partial charge in [0.25, 0.3) is 5.91 Å². The molecule has 0 spiro atoms. The zero-order valence-electron chi connectivity index (χ0n) is 13.5. The van der Waals surface area contributed by atoms with Crippen LogP contribution in [-0.4, -0.2) is 27.0 Å². The number of imidazole rings is 1. The van der Waals surface area contributed by atoms with Gasteiger partial charge in [0.15, 0.2) is 12.4 Å². The Kier molecular flexibility index (Phi) is 4.60. The molecule has 1 aromatic heterocycles. The third-order valence-corrected chi connectivity index (χ3v) is 3.74. The van der Waals surface area contributed by atoms with Crippen LogP contribution in [0.25, 0.3) is 11.0 Å². The maximum Gasteiger partial charge on any atom is 0.310 e. The number of nitro benzene ring substituents is 1. The monoisotopic (exact) mass is 340 g/mol. The number of aryl methyl sites for hydroxylation is 1. The molecular formula is C17H16N4O4. The van der Waals surface area contributed by atoms with Crippen molar-refractivity contribution < 1.29 is 14.5 Å². The van der Waals surface area contributed by atoms with Gasteiger partial charge in [0, 0.05) is 13.1 Å². The first kappa shape index (κ1) is 16.4. The van der Waals surface area contributed by atoms with Gasteiger partial charge in [0.2, 0.25) is 0 Å². The first-order valence-corrected chi connectivity index (χ1v) is 7.59. The highest BCUT2D eigenvalue weighted by Gasteiger charge is 2.15. The smallest absolute Gasteiger partial charge is 0.310 e. The van der Waals surface area contributed by atoms with E-state index in [0.29, 0.717) is 5.82 Å². The number of para-hydroxylation sites is 4. The number of ether oxygens (including phenoxy) is 1. The van der Waals surface area contributed by atoms with E-state index in [-0.39, 0.29) is 30.5 Å². The standard InChI is InChI=1S/C17H16N4O4/c1-20-13-7-3-2-6-12(13)19-16(20)10-18-17(22)11-25-15-9-5-4-8-14(15)21(23)24/h2-9H,10-11H2,1H3,(H,18,22). The highest BCUT2D eigenvalue weighted by molar-refractivity contribution is 5.78. The second-order valence-corrected chi connectivity index (χ2v) is 5.37. The summed E-state index contributed by atoms with van der Waals surface area (Å²) >= 11 is 0. The molecule has 8 nitrogen and oxygen atoms in total. The summed E-state index contributed by atoms with van der Waals surface area (Å²) in [6.45, 7) is -0.0704. The highest BCUT2D eigenvalue weighted by atomic mass is 16.6. The van der Waals surface area contributed by atoms with E-state index in [2.05, 4.69) is 10.3 Å². The lowest BCUT2D eigenvalue weighted by Gasteiger charge is -2.08. The number of fused-ring (bicyclic) bond motifs is 1. The molecular weight excluding hydrogens is 324 g/mol. The van der Waals surface area contributed by atoms with Gasteiger partial charge >= 0.3 is 5.69 Å². The number of rotatable bonds is 6. The van der Waals surface area contributed by atoms with E-state index in [4.69, 9.17) is 4.74 Å². The number of aromatic nitrogens is 2. The minimum absolute atomic E-state index is 0.0605. The number of nitrogens with one attached hydrogen (secondary N) is 1. The number of carbonyl (C=O) groups excluding carboxylic acids is 1. The van der Waals surface area contributed by atoms with Gasteiger partial charge in [-0.2, -0.15) is 0 Å². The van der Waals surface area contributed by atoms with E-state index in [1.165, 1.54) is 18.2 Å². The summed E-state index contributed by atoms with van der Waals surface area (Å²) in [5.41, 5.74) is 1.65. The third-order valence-electron chi connectivity index (χ3n) is 3.74. The van der Waals surface area contributed by atoms with Crippen molar-refractivity contribution in [3.8, 4) is 5.75 Å². The highest BCUT2D eigenvalue weighted by Crippen LogP contribution is 2.25. The van der Waals surface area contributed by atoms with Crippen molar-refractivity contribution in [2.75, 3.05) is 6.61 Å². The van der Waals surface area contributed by atoms with E-state index in [0.717, 1.165) is 11.0 Å². The molecule has 0 saturated carbocycles. The molecule has 0 atom stereocenters. The molecule has 0 bridgehead atoms. The van der Waals surface area contributed by atoms with Gasteiger partial charge in [-0.1, -0.05) is 24.3 Å². The Morgan fingerprint density at radius 3 is 2.72 bits per heavy atom. The van der Waals surface area contributed by atoms with Crippen LogP contribution >= 0.6 is 0 Å². The minimum Gasteiger partial charge on any atom is -0.477 e. The van der Waals surface area contributed by atoms with Crippen molar-refractivity contribution in [3.05, 3.63) is 64.5 Å². The molecule has 1 N–H and O–H groups in total. The second kappa shape index (κ2) is 7.00. The van der Waals surface area contributed by atoms with E-state index < -0.39 is 4.92 Å². The first-order valence-electron chi connectivity index (χ1n) is 7.59. The molecule has 8 heteroatoms. The van der Waals surface area contributed by atoms with Crippen molar-refractivity contribution in [2.24, 2.45) is 7.05 Å². The summed E-state index contributed by atoms with van der Waals surface area (Å²) in [5.74, 6) is 0.385. The lowest BCUT2D eigenvalue weighted by molar-refractivity contribution is -0.385. The summed E-state index contributed by atoms with van der Waals surface area (Å²) in [6.07, 6.45) is 0. The lowest BCUT2D eigenvalue weighted by atomic mass is 10.3. The van der Waals surface area contributed by atoms with Crippen LogP contribution in [-0.2, 0) is 18.4 Å². The minimum atomic E-state index is -0.549. The zero-order valence-corrected chi connectivity index (χ0v) is 13.5. The fourth-order valence-corrected chi connectivity index (χ4v) is 2.46. The van der Waals surface area contributed by atoms with Crippen molar-refractivity contribution in [2.45, 2.75) is 6.54 Å². The summed E-state index contributed by atoms with van der Waals surface area (Å²) < 4.78 is 7.16. The normalized spacial score (nSPS) is 10.6. The van der Waals surface area contributed by atoms with Crippen molar-refractivity contribution in [1.82, 2.24) is 14.9 Å². The van der Waals surface area contributed by atoms with Crippen LogP contribution in [0.2, 0.25) is 0 Å². The van der Waals surface area contributed by atoms with E-state index >= 15 is 0 Å². The predicted molar refractivity (Wildman–Crippen MR) is 91.2 cm³/mol. The van der Waals surface area contributed by atoms with Gasteiger partial charge in [-0.25, -0.2) is 4.98 Å². The van der Waals surface area contributed by atoms with Crippen molar-refractivity contribution in [3.63, 3.8) is 0 Å². The first-order chi connectivity index (χ1) is 12.1. The van der Waals surface area contributed by atoms with Crippen molar-refractivity contribution >= 4 is 22.6 Å². The average molecular weight is 340 g/mol. The maximum atomic E-state index is 12.0. The molecule has 25 heavy (non-hydrogen) atoms. The Morgan fingerprint density at radius 2 is 1.96 bits per heavy atom. The number of nitro groups is 1. The molecule has 1 heterocycles. The Morgan fingerprint density at radius 1 is 1.24 bits per heavy atom. The molecule has 3 rings (SSSR count). The Labute approximate surface area is 143 Å². The van der Waals surface area contributed by atoms with Gasteiger partial charge in [-0.05, 0) is 18.2 Å². The lowest BCUT2D eigenvalue weighted by Crippen LogP contribution is -2.29. The Bertz CT molecular complexity index is 935. The second-order valence-electron chi connectivity index (χ2n) is 5.37. The number of amides is 1. The Hall–Kier alpha value is -3.42. The molecule has 1 amide bonds. The fourth-order valence-electron chi connectivity index (χ4n) is 2.46. The molecule has 128 valence electrons. The van der Waals surface area contributed by atoms with Crippen molar-refractivity contribution in [1.29, 1.82) is 0 Å². The summed E-state index contributed by atoms with van der Waals surface area (Å²) in [5, 5.41) is 13.6. The molecule has 0 saturated heterocycles. The SMILES string of the molecule is Cn1c(CNC(=O)COc2ccccc2[N+](=O)[O-])nc2ccccc21.